The summed E-state index contributed by atoms with van der Waals surface area (Å²) in [6, 6.07) is 0. The van der Waals surface area contributed by atoms with Crippen molar-refractivity contribution in [3.8, 4) is 0 Å². The Balaban J connectivity index is 2.89. The molecule has 0 saturated carbocycles. The van der Waals surface area contributed by atoms with E-state index in [4.69, 9.17) is 4.74 Å². The maximum absolute atomic E-state index is 11.5. The summed E-state index contributed by atoms with van der Waals surface area (Å²) in [4.78, 5) is 11.5. The maximum atomic E-state index is 11.5. The molecule has 0 bridgehead atoms. The predicted octanol–water partition coefficient (Wildman–Crippen LogP) is 1.89. The van der Waals surface area contributed by atoms with E-state index in [9.17, 15) is 4.79 Å². The van der Waals surface area contributed by atoms with Crippen molar-refractivity contribution < 1.29 is 9.53 Å². The van der Waals surface area contributed by atoms with Crippen LogP contribution in [0, 0.1) is 0 Å². The molecule has 5 nitrogen and oxygen atoms in total. The summed E-state index contributed by atoms with van der Waals surface area (Å²) >= 11 is 0. The molecule has 0 aliphatic rings. The van der Waals surface area contributed by atoms with Crippen molar-refractivity contribution in [2.24, 2.45) is 0 Å². The monoisotopic (exact) mass is 211 g/mol. The molecule has 1 aromatic rings. The van der Waals surface area contributed by atoms with Gasteiger partial charge < -0.3 is 4.74 Å². The Morgan fingerprint density at radius 1 is 1.33 bits per heavy atom. The van der Waals surface area contributed by atoms with Gasteiger partial charge in [0.2, 0.25) is 0 Å². The molecule has 1 heterocycles. The number of nitrogens with zero attached hydrogens (tertiary/aromatic N) is 2. The minimum atomic E-state index is -0.395. The number of carbonyl (C=O) groups excluding carboxylic acids is 1. The largest absolute Gasteiger partial charge is 0.461 e. The van der Waals surface area contributed by atoms with E-state index < -0.39 is 5.97 Å². The van der Waals surface area contributed by atoms with Crippen LogP contribution in [0.25, 0.3) is 0 Å². The van der Waals surface area contributed by atoms with Crippen LogP contribution in [-0.2, 0) is 4.74 Å². The van der Waals surface area contributed by atoms with Crippen molar-refractivity contribution in [2.45, 2.75) is 39.5 Å². The van der Waals surface area contributed by atoms with Crippen LogP contribution >= 0.6 is 0 Å². The number of H-pyrrole nitrogens is 1. The predicted molar refractivity (Wildman–Crippen MR) is 55.7 cm³/mol. The van der Waals surface area contributed by atoms with E-state index >= 15 is 0 Å². The number of rotatable bonds is 5. The number of hydrogen-bond acceptors (Lipinski definition) is 4. The van der Waals surface area contributed by atoms with E-state index in [1.165, 1.54) is 0 Å². The SMILES string of the molecule is CCOC(=O)c1n[nH]nc1C(CC)CC. The summed E-state index contributed by atoms with van der Waals surface area (Å²) in [5, 5.41) is 10.4. The third-order valence-electron chi connectivity index (χ3n) is 2.42. The highest BCUT2D eigenvalue weighted by molar-refractivity contribution is 5.88. The van der Waals surface area contributed by atoms with E-state index in [0.29, 0.717) is 12.3 Å². The fourth-order valence-corrected chi connectivity index (χ4v) is 1.55. The molecule has 0 aromatic carbocycles. The molecular weight excluding hydrogens is 194 g/mol. The molecule has 0 saturated heterocycles. The standard InChI is InChI=1S/C10H17N3O2/c1-4-7(5-2)8-9(12-13-11-8)10(14)15-6-3/h7H,4-6H2,1-3H3,(H,11,12,13). The van der Waals surface area contributed by atoms with Crippen LogP contribution in [0.4, 0.5) is 0 Å². The van der Waals surface area contributed by atoms with Crippen LogP contribution < -0.4 is 0 Å². The summed E-state index contributed by atoms with van der Waals surface area (Å²) in [5.41, 5.74) is 1.05. The Hall–Kier alpha value is -1.39. The lowest BCUT2D eigenvalue weighted by molar-refractivity contribution is 0.0517. The molecule has 0 spiro atoms. The van der Waals surface area contributed by atoms with E-state index in [0.717, 1.165) is 18.5 Å². The Bertz CT molecular complexity index is 318. The van der Waals surface area contributed by atoms with Gasteiger partial charge in [0.15, 0.2) is 5.69 Å². The zero-order chi connectivity index (χ0) is 11.3. The van der Waals surface area contributed by atoms with Gasteiger partial charge in [-0.3, -0.25) is 0 Å². The first kappa shape index (κ1) is 11.7. The fraction of sp³-hybridized carbons (Fsp3) is 0.700. The first-order valence-corrected chi connectivity index (χ1v) is 5.32. The summed E-state index contributed by atoms with van der Waals surface area (Å²) in [7, 11) is 0. The lowest BCUT2D eigenvalue weighted by Crippen LogP contribution is -2.10. The van der Waals surface area contributed by atoms with Gasteiger partial charge in [0.05, 0.1) is 6.61 Å². The molecule has 0 fully saturated rings. The number of ether oxygens (including phenoxy) is 1. The van der Waals surface area contributed by atoms with Gasteiger partial charge in [-0.05, 0) is 19.8 Å². The van der Waals surface area contributed by atoms with Gasteiger partial charge in [-0.2, -0.15) is 10.3 Å². The van der Waals surface area contributed by atoms with Gasteiger partial charge in [0.25, 0.3) is 0 Å². The number of hydrogen-bond donors (Lipinski definition) is 1. The summed E-state index contributed by atoms with van der Waals surface area (Å²) in [6.07, 6.45) is 1.88. The van der Waals surface area contributed by atoms with E-state index in [1.807, 2.05) is 0 Å². The minimum absolute atomic E-state index is 0.267. The summed E-state index contributed by atoms with van der Waals surface area (Å²) in [6.45, 7) is 6.26. The van der Waals surface area contributed by atoms with Crippen molar-refractivity contribution in [3.63, 3.8) is 0 Å². The van der Waals surface area contributed by atoms with Crippen LogP contribution in [0.5, 0.6) is 0 Å². The molecule has 1 N–H and O–H groups in total. The van der Waals surface area contributed by atoms with Gasteiger partial charge in [-0.25, -0.2) is 4.79 Å². The fourth-order valence-electron chi connectivity index (χ4n) is 1.55. The van der Waals surface area contributed by atoms with Crippen molar-refractivity contribution in [2.75, 3.05) is 6.61 Å². The molecule has 0 atom stereocenters. The Morgan fingerprint density at radius 2 is 2.00 bits per heavy atom. The van der Waals surface area contributed by atoms with Crippen LogP contribution in [0.3, 0.4) is 0 Å². The lowest BCUT2D eigenvalue weighted by Gasteiger charge is -2.09. The van der Waals surface area contributed by atoms with Gasteiger partial charge in [0, 0.05) is 5.92 Å². The first-order chi connectivity index (χ1) is 7.24. The molecule has 0 unspecified atom stereocenters. The zero-order valence-electron chi connectivity index (χ0n) is 9.41. The summed E-state index contributed by atoms with van der Waals surface area (Å²) in [5.74, 6) is -0.128. The molecule has 1 aromatic heterocycles. The van der Waals surface area contributed by atoms with Crippen LogP contribution in [0.1, 0.15) is 55.7 Å². The van der Waals surface area contributed by atoms with Gasteiger partial charge in [-0.1, -0.05) is 13.8 Å². The molecular formula is C10H17N3O2. The van der Waals surface area contributed by atoms with Crippen molar-refractivity contribution in [1.82, 2.24) is 15.4 Å². The highest BCUT2D eigenvalue weighted by Crippen LogP contribution is 2.23. The molecule has 0 radical (unpaired) electrons. The molecule has 0 aliphatic heterocycles. The zero-order valence-corrected chi connectivity index (χ0v) is 9.41. The molecule has 0 amide bonds. The van der Waals surface area contributed by atoms with Gasteiger partial charge in [-0.15, -0.1) is 5.10 Å². The number of carbonyl (C=O) groups is 1. The van der Waals surface area contributed by atoms with Crippen molar-refractivity contribution >= 4 is 5.97 Å². The second-order valence-corrected chi connectivity index (χ2v) is 3.29. The average molecular weight is 211 g/mol. The quantitative estimate of drug-likeness (QED) is 0.755. The highest BCUT2D eigenvalue weighted by Gasteiger charge is 2.22. The summed E-state index contributed by atoms with van der Waals surface area (Å²) < 4.78 is 4.90. The second kappa shape index (κ2) is 5.48. The molecule has 1 rings (SSSR count). The van der Waals surface area contributed by atoms with E-state index in [-0.39, 0.29) is 5.92 Å². The molecule has 0 aliphatic carbocycles. The smallest absolute Gasteiger partial charge is 0.360 e. The molecule has 15 heavy (non-hydrogen) atoms. The second-order valence-electron chi connectivity index (χ2n) is 3.29. The maximum Gasteiger partial charge on any atom is 0.360 e. The highest BCUT2D eigenvalue weighted by atomic mass is 16.5. The van der Waals surface area contributed by atoms with Crippen molar-refractivity contribution in [1.29, 1.82) is 0 Å². The molecule has 84 valence electrons. The lowest BCUT2D eigenvalue weighted by atomic mass is 9.98. The average Bonchev–Trinajstić information content (AvgIpc) is 2.69. The normalized spacial score (nSPS) is 10.7. The Labute approximate surface area is 89.2 Å². The number of nitrogens with one attached hydrogen (secondary N) is 1. The van der Waals surface area contributed by atoms with Gasteiger partial charge >= 0.3 is 5.97 Å². The Morgan fingerprint density at radius 3 is 2.53 bits per heavy atom. The molecule has 5 heteroatoms. The third kappa shape index (κ3) is 2.55. The number of aromatic nitrogens is 3. The van der Waals surface area contributed by atoms with Crippen LogP contribution in [-0.4, -0.2) is 28.0 Å². The van der Waals surface area contributed by atoms with Crippen LogP contribution in [0.15, 0.2) is 0 Å². The van der Waals surface area contributed by atoms with Crippen molar-refractivity contribution in [3.05, 3.63) is 11.4 Å². The Kier molecular flexibility index (Phi) is 4.27. The minimum Gasteiger partial charge on any atom is -0.461 e. The topological polar surface area (TPSA) is 67.9 Å². The number of aromatic amines is 1. The van der Waals surface area contributed by atoms with Crippen LogP contribution in [0.2, 0.25) is 0 Å². The number of esters is 1. The van der Waals surface area contributed by atoms with E-state index in [2.05, 4.69) is 29.3 Å². The third-order valence-corrected chi connectivity index (χ3v) is 2.42. The van der Waals surface area contributed by atoms with Gasteiger partial charge in [0.1, 0.15) is 5.69 Å². The van der Waals surface area contributed by atoms with E-state index in [1.54, 1.807) is 6.92 Å². The first-order valence-electron chi connectivity index (χ1n) is 5.32.